The summed E-state index contributed by atoms with van der Waals surface area (Å²) in [4.78, 5) is 48.5. The van der Waals surface area contributed by atoms with Crippen molar-refractivity contribution in [3.05, 3.63) is 35.9 Å². The summed E-state index contributed by atoms with van der Waals surface area (Å²) in [6.07, 6.45) is 0.508. The number of nitrogens with one attached hydrogen (secondary N) is 2. The van der Waals surface area contributed by atoms with Crippen LogP contribution in [-0.2, 0) is 25.6 Å². The Morgan fingerprint density at radius 2 is 1.39 bits per heavy atom. The molecule has 154 valence electrons. The van der Waals surface area contributed by atoms with E-state index in [1.54, 1.807) is 24.3 Å². The van der Waals surface area contributed by atoms with Crippen molar-refractivity contribution in [3.8, 4) is 0 Å². The fourth-order valence-electron chi connectivity index (χ4n) is 2.77. The van der Waals surface area contributed by atoms with Crippen molar-refractivity contribution >= 4 is 23.6 Å². The maximum absolute atomic E-state index is 12.6. The number of hydrogen-bond donors (Lipinski definition) is 3. The van der Waals surface area contributed by atoms with E-state index in [0.29, 0.717) is 12.0 Å². The zero-order valence-electron chi connectivity index (χ0n) is 16.9. The standard InChI is InChI=1S/C21H30N2O5/c1-13(2)10-16(19(25)23-17(21(27)28)11-14(3)4)22-20(26)18(24)12-15-8-6-5-7-9-15/h5-9,13-14,16-17H,10-12H2,1-4H3,(H,22,26)(H,23,25)(H,27,28)/t16-,17-/m0/s1. The summed E-state index contributed by atoms with van der Waals surface area (Å²) in [5, 5.41) is 14.3. The van der Waals surface area contributed by atoms with Gasteiger partial charge in [0.2, 0.25) is 11.7 Å². The lowest BCUT2D eigenvalue weighted by molar-refractivity contribution is -0.143. The summed E-state index contributed by atoms with van der Waals surface area (Å²) in [6.45, 7) is 7.47. The van der Waals surface area contributed by atoms with E-state index >= 15 is 0 Å². The molecule has 1 aromatic rings. The molecule has 7 heteroatoms. The molecule has 0 saturated heterocycles. The first kappa shape index (κ1) is 23.3. The van der Waals surface area contributed by atoms with Crippen molar-refractivity contribution in [2.75, 3.05) is 0 Å². The van der Waals surface area contributed by atoms with E-state index < -0.39 is 35.7 Å². The second kappa shape index (κ2) is 11.2. The first-order chi connectivity index (χ1) is 13.1. The number of amides is 2. The van der Waals surface area contributed by atoms with Gasteiger partial charge in [0.05, 0.1) is 0 Å². The molecule has 0 aliphatic carbocycles. The van der Waals surface area contributed by atoms with Gasteiger partial charge in [0.1, 0.15) is 12.1 Å². The van der Waals surface area contributed by atoms with Crippen molar-refractivity contribution in [1.29, 1.82) is 0 Å². The number of carbonyl (C=O) groups excluding carboxylic acids is 3. The third kappa shape index (κ3) is 8.33. The predicted octanol–water partition coefficient (Wildman–Crippen LogP) is 1.94. The molecular weight excluding hydrogens is 360 g/mol. The summed E-state index contributed by atoms with van der Waals surface area (Å²) >= 11 is 0. The molecule has 1 rings (SSSR count). The van der Waals surface area contributed by atoms with Crippen LogP contribution in [0, 0.1) is 11.8 Å². The Morgan fingerprint density at radius 1 is 0.857 bits per heavy atom. The minimum Gasteiger partial charge on any atom is -0.480 e. The molecular formula is C21H30N2O5. The summed E-state index contributed by atoms with van der Waals surface area (Å²) in [6, 6.07) is 6.83. The molecule has 0 aliphatic rings. The molecule has 1 aromatic carbocycles. The Hall–Kier alpha value is -2.70. The van der Waals surface area contributed by atoms with Crippen LogP contribution >= 0.6 is 0 Å². The summed E-state index contributed by atoms with van der Waals surface area (Å²) in [5.74, 6) is -3.08. The Bertz CT molecular complexity index is 685. The molecule has 0 aromatic heterocycles. The van der Waals surface area contributed by atoms with Gasteiger partial charge in [-0.25, -0.2) is 4.79 Å². The first-order valence-corrected chi connectivity index (χ1v) is 9.50. The quantitative estimate of drug-likeness (QED) is 0.500. The Labute approximate surface area is 165 Å². The SMILES string of the molecule is CC(C)C[C@H](NC(=O)[C@H](CC(C)C)NC(=O)C(=O)Cc1ccccc1)C(=O)O. The van der Waals surface area contributed by atoms with Gasteiger partial charge in [0, 0.05) is 6.42 Å². The summed E-state index contributed by atoms with van der Waals surface area (Å²) in [5.41, 5.74) is 0.704. The average molecular weight is 390 g/mol. The fraction of sp³-hybridized carbons (Fsp3) is 0.524. The van der Waals surface area contributed by atoms with Gasteiger partial charge in [-0.15, -0.1) is 0 Å². The van der Waals surface area contributed by atoms with Crippen LogP contribution in [0.15, 0.2) is 30.3 Å². The lowest BCUT2D eigenvalue weighted by Crippen LogP contribution is -2.53. The molecule has 0 heterocycles. The van der Waals surface area contributed by atoms with E-state index in [1.807, 2.05) is 33.8 Å². The Kier molecular flexibility index (Phi) is 9.35. The molecule has 0 aliphatic heterocycles. The van der Waals surface area contributed by atoms with Gasteiger partial charge in [-0.3, -0.25) is 14.4 Å². The van der Waals surface area contributed by atoms with E-state index in [1.165, 1.54) is 0 Å². The van der Waals surface area contributed by atoms with E-state index in [-0.39, 0.29) is 24.7 Å². The largest absolute Gasteiger partial charge is 0.480 e. The van der Waals surface area contributed by atoms with Crippen LogP contribution in [-0.4, -0.2) is 40.8 Å². The number of benzene rings is 1. The van der Waals surface area contributed by atoms with Gasteiger partial charge in [-0.1, -0.05) is 58.0 Å². The number of rotatable bonds is 11. The number of aliphatic carboxylic acids is 1. The third-order valence-electron chi connectivity index (χ3n) is 4.11. The normalized spacial score (nSPS) is 13.1. The van der Waals surface area contributed by atoms with E-state index in [4.69, 9.17) is 0 Å². The first-order valence-electron chi connectivity index (χ1n) is 9.50. The van der Waals surface area contributed by atoms with Crippen molar-refractivity contribution < 1.29 is 24.3 Å². The molecule has 2 amide bonds. The molecule has 2 atom stereocenters. The molecule has 0 unspecified atom stereocenters. The van der Waals surface area contributed by atoms with Crippen LogP contribution in [0.3, 0.4) is 0 Å². The number of ketones is 1. The molecule has 0 fully saturated rings. The Morgan fingerprint density at radius 3 is 1.89 bits per heavy atom. The molecule has 3 N–H and O–H groups in total. The van der Waals surface area contributed by atoms with Crippen molar-refractivity contribution in [3.63, 3.8) is 0 Å². The number of hydrogen-bond acceptors (Lipinski definition) is 4. The van der Waals surface area contributed by atoms with Gasteiger partial charge in [0.15, 0.2) is 0 Å². The highest BCUT2D eigenvalue weighted by molar-refractivity contribution is 6.37. The molecule has 0 saturated carbocycles. The molecule has 28 heavy (non-hydrogen) atoms. The number of carbonyl (C=O) groups is 4. The lowest BCUT2D eigenvalue weighted by atomic mass is 10.00. The zero-order valence-corrected chi connectivity index (χ0v) is 16.9. The molecule has 0 bridgehead atoms. The van der Waals surface area contributed by atoms with Gasteiger partial charge in [-0.2, -0.15) is 0 Å². The highest BCUT2D eigenvalue weighted by Gasteiger charge is 2.29. The van der Waals surface area contributed by atoms with Gasteiger partial charge in [-0.05, 0) is 30.2 Å². The van der Waals surface area contributed by atoms with Gasteiger partial charge < -0.3 is 15.7 Å². The van der Waals surface area contributed by atoms with Crippen LogP contribution in [0.25, 0.3) is 0 Å². The molecule has 7 nitrogen and oxygen atoms in total. The van der Waals surface area contributed by atoms with Crippen LogP contribution in [0.4, 0.5) is 0 Å². The fourth-order valence-corrected chi connectivity index (χ4v) is 2.77. The highest BCUT2D eigenvalue weighted by atomic mass is 16.4. The van der Waals surface area contributed by atoms with Crippen LogP contribution < -0.4 is 10.6 Å². The van der Waals surface area contributed by atoms with E-state index in [0.717, 1.165) is 0 Å². The minimum absolute atomic E-state index is 0.0617. The smallest absolute Gasteiger partial charge is 0.326 e. The number of carboxylic acid groups (broad SMARTS) is 1. The van der Waals surface area contributed by atoms with Crippen LogP contribution in [0.1, 0.15) is 46.1 Å². The second-order valence-corrected chi connectivity index (χ2v) is 7.77. The molecule has 0 spiro atoms. The predicted molar refractivity (Wildman–Crippen MR) is 106 cm³/mol. The average Bonchev–Trinajstić information content (AvgIpc) is 2.60. The van der Waals surface area contributed by atoms with Crippen LogP contribution in [0.5, 0.6) is 0 Å². The van der Waals surface area contributed by atoms with Gasteiger partial charge in [0.25, 0.3) is 5.91 Å². The minimum atomic E-state index is -1.13. The Balaban J connectivity index is 2.80. The summed E-state index contributed by atoms with van der Waals surface area (Å²) < 4.78 is 0. The monoisotopic (exact) mass is 390 g/mol. The topological polar surface area (TPSA) is 113 Å². The second-order valence-electron chi connectivity index (χ2n) is 7.77. The van der Waals surface area contributed by atoms with Crippen molar-refractivity contribution in [2.45, 2.75) is 59.0 Å². The van der Waals surface area contributed by atoms with Gasteiger partial charge >= 0.3 is 5.97 Å². The maximum atomic E-state index is 12.6. The number of Topliss-reactive ketones (excluding diaryl/α,β-unsaturated/α-hetero) is 1. The third-order valence-corrected chi connectivity index (χ3v) is 4.11. The molecule has 0 radical (unpaired) electrons. The highest BCUT2D eigenvalue weighted by Crippen LogP contribution is 2.09. The van der Waals surface area contributed by atoms with E-state index in [2.05, 4.69) is 10.6 Å². The van der Waals surface area contributed by atoms with E-state index in [9.17, 15) is 24.3 Å². The summed E-state index contributed by atoms with van der Waals surface area (Å²) in [7, 11) is 0. The number of carboxylic acids is 1. The van der Waals surface area contributed by atoms with Crippen molar-refractivity contribution in [2.24, 2.45) is 11.8 Å². The van der Waals surface area contributed by atoms with Crippen LogP contribution in [0.2, 0.25) is 0 Å². The zero-order chi connectivity index (χ0) is 21.3. The maximum Gasteiger partial charge on any atom is 0.326 e. The van der Waals surface area contributed by atoms with Crippen molar-refractivity contribution in [1.82, 2.24) is 10.6 Å². The lowest BCUT2D eigenvalue weighted by Gasteiger charge is -2.23.